The van der Waals surface area contributed by atoms with E-state index in [2.05, 4.69) is 5.32 Å². The lowest BCUT2D eigenvalue weighted by Gasteiger charge is -2.40. The molecule has 9 nitrogen and oxygen atoms in total. The quantitative estimate of drug-likeness (QED) is 0.400. The molecule has 2 amide bonds. The summed E-state index contributed by atoms with van der Waals surface area (Å²) in [5, 5.41) is 21.7. The number of nitrogens with zero attached hydrogens (tertiary/aromatic N) is 4. The lowest BCUT2D eigenvalue weighted by atomic mass is 9.97. The molecule has 1 aromatic heterocycles. The van der Waals surface area contributed by atoms with Gasteiger partial charge in [0.1, 0.15) is 23.6 Å². The average Bonchev–Trinajstić information content (AvgIpc) is 2.88. The van der Waals surface area contributed by atoms with Crippen LogP contribution in [0.4, 0.5) is 4.79 Å². The van der Waals surface area contributed by atoms with Crippen LogP contribution in [0.25, 0.3) is 0 Å². The van der Waals surface area contributed by atoms with Gasteiger partial charge < -0.3 is 15.3 Å². The second-order valence-corrected chi connectivity index (χ2v) is 9.56. The Morgan fingerprint density at radius 2 is 1.74 bits per heavy atom. The van der Waals surface area contributed by atoms with Gasteiger partial charge in [-0.2, -0.15) is 5.26 Å². The van der Waals surface area contributed by atoms with Crippen LogP contribution in [0.1, 0.15) is 71.8 Å². The van der Waals surface area contributed by atoms with Crippen LogP contribution in [0.5, 0.6) is 0 Å². The number of amides is 2. The van der Waals surface area contributed by atoms with Gasteiger partial charge in [-0.05, 0) is 43.9 Å². The summed E-state index contributed by atoms with van der Waals surface area (Å²) in [6.07, 6.45) is -1.89. The van der Waals surface area contributed by atoms with Gasteiger partial charge in [-0.3, -0.25) is 14.2 Å². The molecule has 0 fully saturated rings. The van der Waals surface area contributed by atoms with Crippen LogP contribution in [-0.2, 0) is 6.54 Å². The van der Waals surface area contributed by atoms with Gasteiger partial charge in [-0.15, -0.1) is 0 Å². The second kappa shape index (κ2) is 12.2. The highest BCUT2D eigenvalue weighted by Gasteiger charge is 2.37. The van der Waals surface area contributed by atoms with Gasteiger partial charge in [0.05, 0.1) is 18.3 Å². The molecule has 9 heteroatoms. The van der Waals surface area contributed by atoms with Crippen molar-refractivity contribution in [2.75, 3.05) is 0 Å². The van der Waals surface area contributed by atoms with Crippen LogP contribution >= 0.6 is 0 Å². The number of rotatable bonds is 9. The van der Waals surface area contributed by atoms with Crippen LogP contribution in [0.15, 0.2) is 59.4 Å². The van der Waals surface area contributed by atoms with Gasteiger partial charge in [0.15, 0.2) is 0 Å². The van der Waals surface area contributed by atoms with Crippen LogP contribution in [0.2, 0.25) is 0 Å². The van der Waals surface area contributed by atoms with Crippen molar-refractivity contribution in [3.63, 3.8) is 0 Å². The maximum Gasteiger partial charge on any atom is 0.406 e. The third kappa shape index (κ3) is 6.09. The third-order valence-electron chi connectivity index (χ3n) is 6.42. The Kier molecular flexibility index (Phi) is 9.02. The number of carboxylic acid groups (broad SMARTS) is 1. The van der Waals surface area contributed by atoms with E-state index in [0.717, 1.165) is 11.1 Å². The predicted octanol–water partition coefficient (Wildman–Crippen LogP) is 4.62. The minimum absolute atomic E-state index is 0.0701. The highest BCUT2D eigenvalue weighted by molar-refractivity contribution is 5.95. The van der Waals surface area contributed by atoms with E-state index in [1.807, 2.05) is 69.3 Å². The molecule has 0 aliphatic rings. The highest BCUT2D eigenvalue weighted by atomic mass is 16.4. The number of nitriles is 1. The van der Waals surface area contributed by atoms with Crippen LogP contribution < -0.4 is 10.9 Å². The largest absolute Gasteiger partial charge is 0.465 e. The number of hydrogen-bond acceptors (Lipinski definition) is 5. The monoisotopic (exact) mass is 515 g/mol. The minimum Gasteiger partial charge on any atom is -0.465 e. The van der Waals surface area contributed by atoms with E-state index in [1.54, 1.807) is 26.0 Å². The zero-order valence-electron chi connectivity index (χ0n) is 22.3. The first-order chi connectivity index (χ1) is 18.1. The van der Waals surface area contributed by atoms with Crippen LogP contribution in [-0.4, -0.2) is 37.7 Å². The highest BCUT2D eigenvalue weighted by Crippen LogP contribution is 2.32. The molecule has 2 unspecified atom stereocenters. The molecule has 1 heterocycles. The first kappa shape index (κ1) is 28.1. The molecule has 0 aliphatic heterocycles. The zero-order valence-corrected chi connectivity index (χ0v) is 22.3. The van der Waals surface area contributed by atoms with Gasteiger partial charge in [-0.25, -0.2) is 9.78 Å². The minimum atomic E-state index is -1.27. The maximum atomic E-state index is 14.0. The summed E-state index contributed by atoms with van der Waals surface area (Å²) >= 11 is 0. The Hall–Kier alpha value is -4.45. The molecule has 3 rings (SSSR count). The van der Waals surface area contributed by atoms with Crippen LogP contribution in [0, 0.1) is 31.1 Å². The summed E-state index contributed by atoms with van der Waals surface area (Å²) in [6.45, 7) is 9.19. The lowest BCUT2D eigenvalue weighted by Crippen LogP contribution is -2.54. The fourth-order valence-electron chi connectivity index (χ4n) is 4.52. The van der Waals surface area contributed by atoms with Crippen molar-refractivity contribution in [1.29, 1.82) is 5.26 Å². The second-order valence-electron chi connectivity index (χ2n) is 9.56. The van der Waals surface area contributed by atoms with E-state index >= 15 is 0 Å². The lowest BCUT2D eigenvalue weighted by molar-refractivity contribution is 0.0404. The molecule has 0 aliphatic carbocycles. The Labute approximate surface area is 222 Å². The molecule has 3 aromatic rings. The number of hydrogen-bond donors (Lipinski definition) is 2. The molecule has 0 bridgehead atoms. The zero-order chi connectivity index (χ0) is 28.0. The summed E-state index contributed by atoms with van der Waals surface area (Å²) in [5.41, 5.74) is 1.86. The van der Waals surface area contributed by atoms with Gasteiger partial charge in [-0.1, -0.05) is 68.8 Å². The third-order valence-corrected chi connectivity index (χ3v) is 6.42. The van der Waals surface area contributed by atoms with Gasteiger partial charge in [0.25, 0.3) is 11.5 Å². The maximum absolute atomic E-state index is 14.0. The molecular formula is C29H33N5O4. The number of carbonyl (C=O) groups is 2. The van der Waals surface area contributed by atoms with Crippen molar-refractivity contribution in [3.05, 3.63) is 98.7 Å². The molecule has 0 radical (unpaired) electrons. The molecule has 2 N–H and O–H groups in total. The number of carbonyl (C=O) groups excluding carboxylic acids is 1. The van der Waals surface area contributed by atoms with Gasteiger partial charge in [0.2, 0.25) is 0 Å². The summed E-state index contributed by atoms with van der Waals surface area (Å²) < 4.78 is 1.43. The van der Waals surface area contributed by atoms with Gasteiger partial charge >= 0.3 is 6.09 Å². The van der Waals surface area contributed by atoms with Crippen molar-refractivity contribution >= 4 is 12.0 Å². The van der Waals surface area contributed by atoms with E-state index in [1.165, 1.54) is 9.47 Å². The normalized spacial score (nSPS) is 12.4. The SMILES string of the molecule is CCC(NC(=O)O)N(C(=O)c1ccc(C)cc1)C(c1nc(C)c(C#N)c(=O)n1Cc1ccccc1)C(C)C. The number of benzene rings is 2. The van der Waals surface area contributed by atoms with E-state index in [-0.39, 0.29) is 36.0 Å². The summed E-state index contributed by atoms with van der Waals surface area (Å²) in [7, 11) is 0. The molecule has 198 valence electrons. The predicted molar refractivity (Wildman–Crippen MR) is 144 cm³/mol. The van der Waals surface area contributed by atoms with Crippen molar-refractivity contribution in [2.24, 2.45) is 5.92 Å². The summed E-state index contributed by atoms with van der Waals surface area (Å²) in [4.78, 5) is 45.5. The van der Waals surface area contributed by atoms with E-state index in [9.17, 15) is 24.8 Å². The summed E-state index contributed by atoms with van der Waals surface area (Å²) in [5.74, 6) is -0.376. The van der Waals surface area contributed by atoms with E-state index in [0.29, 0.717) is 5.56 Å². The smallest absolute Gasteiger partial charge is 0.406 e. The number of aryl methyl sites for hydroxylation is 2. The number of aromatic nitrogens is 2. The van der Waals surface area contributed by atoms with E-state index < -0.39 is 29.8 Å². The van der Waals surface area contributed by atoms with E-state index in [4.69, 9.17) is 4.98 Å². The molecule has 2 atom stereocenters. The molecule has 0 saturated heterocycles. The first-order valence-electron chi connectivity index (χ1n) is 12.5. The average molecular weight is 516 g/mol. The van der Waals surface area contributed by atoms with Crippen LogP contribution in [0.3, 0.4) is 0 Å². The Bertz CT molecular complexity index is 1390. The van der Waals surface area contributed by atoms with Gasteiger partial charge in [0, 0.05) is 5.56 Å². The first-order valence-corrected chi connectivity index (χ1v) is 12.5. The van der Waals surface area contributed by atoms with Crippen molar-refractivity contribution in [3.8, 4) is 6.07 Å². The summed E-state index contributed by atoms with van der Waals surface area (Å²) in [6, 6.07) is 17.5. The molecule has 0 spiro atoms. The topological polar surface area (TPSA) is 128 Å². The Morgan fingerprint density at radius 3 is 2.26 bits per heavy atom. The molecule has 2 aromatic carbocycles. The number of nitrogens with one attached hydrogen (secondary N) is 1. The molecule has 0 saturated carbocycles. The fourth-order valence-corrected chi connectivity index (χ4v) is 4.52. The van der Waals surface area contributed by atoms with Crippen molar-refractivity contribution in [1.82, 2.24) is 19.8 Å². The van der Waals surface area contributed by atoms with Crippen molar-refractivity contribution in [2.45, 2.75) is 59.8 Å². The Morgan fingerprint density at radius 1 is 1.11 bits per heavy atom. The Balaban J connectivity index is 2.31. The molecule has 38 heavy (non-hydrogen) atoms. The molecular weight excluding hydrogens is 482 g/mol. The fraction of sp³-hybridized carbons (Fsp3) is 0.345. The standard InChI is InChI=1S/C29H33N5O4/c1-6-24(32-29(37)38)34(27(35)22-14-12-19(4)13-15-22)25(18(2)3)26-31-20(5)23(16-30)28(36)33(26)17-21-10-8-7-9-11-21/h7-15,18,24-25,32H,6,17H2,1-5H3,(H,37,38). The van der Waals surface area contributed by atoms with Crippen molar-refractivity contribution < 1.29 is 14.7 Å².